The lowest BCUT2D eigenvalue weighted by atomic mass is 9.86. The summed E-state index contributed by atoms with van der Waals surface area (Å²) in [6.07, 6.45) is 10.9. The van der Waals surface area contributed by atoms with Gasteiger partial charge < -0.3 is 5.32 Å². The quantitative estimate of drug-likeness (QED) is 0.492. The second kappa shape index (κ2) is 12.0. The van der Waals surface area contributed by atoms with Crippen LogP contribution in [0.5, 0.6) is 0 Å². The second-order valence-electron chi connectivity index (χ2n) is 6.22. The Morgan fingerprint density at radius 2 is 1.39 bits per heavy atom. The lowest BCUT2D eigenvalue weighted by Crippen LogP contribution is -2.36. The molecule has 0 spiro atoms. The molecule has 0 aromatic heterocycles. The van der Waals surface area contributed by atoms with Crippen LogP contribution in [-0.2, 0) is 0 Å². The Bertz CT molecular complexity index is 159. The average Bonchev–Trinajstić information content (AvgIpc) is 2.33. The van der Waals surface area contributed by atoms with Crippen LogP contribution in [0, 0.1) is 11.8 Å². The lowest BCUT2D eigenvalue weighted by Gasteiger charge is -2.28. The molecule has 0 aromatic carbocycles. The normalized spacial score (nSPS) is 13.5. The van der Waals surface area contributed by atoms with Crippen molar-refractivity contribution in [3.05, 3.63) is 0 Å². The Balaban J connectivity index is 4.21. The zero-order valence-electron chi connectivity index (χ0n) is 13.6. The molecule has 18 heavy (non-hydrogen) atoms. The predicted octanol–water partition coefficient (Wildman–Crippen LogP) is 5.40. The van der Waals surface area contributed by atoms with E-state index in [9.17, 15) is 0 Å². The van der Waals surface area contributed by atoms with Crippen molar-refractivity contribution in [2.24, 2.45) is 11.8 Å². The third kappa shape index (κ3) is 8.97. The molecule has 0 aliphatic carbocycles. The van der Waals surface area contributed by atoms with E-state index in [0.29, 0.717) is 0 Å². The van der Waals surface area contributed by atoms with Crippen LogP contribution in [0.25, 0.3) is 0 Å². The zero-order chi connectivity index (χ0) is 13.8. The first-order valence-electron chi connectivity index (χ1n) is 8.38. The minimum Gasteiger partial charge on any atom is -0.314 e. The van der Waals surface area contributed by atoms with Gasteiger partial charge in [-0.25, -0.2) is 0 Å². The molecule has 1 N–H and O–H groups in total. The maximum Gasteiger partial charge on any atom is 0.00953 e. The van der Waals surface area contributed by atoms with Gasteiger partial charge in [-0.15, -0.1) is 0 Å². The fourth-order valence-corrected chi connectivity index (χ4v) is 2.87. The van der Waals surface area contributed by atoms with Crippen LogP contribution < -0.4 is 5.32 Å². The van der Waals surface area contributed by atoms with Crippen LogP contribution in [0.2, 0.25) is 0 Å². The minimum absolute atomic E-state index is 0.767. The third-order valence-electron chi connectivity index (χ3n) is 3.84. The fraction of sp³-hybridized carbons (Fsp3) is 1.00. The van der Waals surface area contributed by atoms with Crippen molar-refractivity contribution >= 4 is 0 Å². The molecule has 1 heteroatoms. The van der Waals surface area contributed by atoms with Crippen molar-refractivity contribution in [2.75, 3.05) is 6.54 Å². The van der Waals surface area contributed by atoms with Crippen molar-refractivity contribution < 1.29 is 0 Å². The molecule has 0 aliphatic heterocycles. The van der Waals surface area contributed by atoms with Crippen LogP contribution in [0.1, 0.15) is 86.0 Å². The molecule has 0 saturated carbocycles. The Morgan fingerprint density at radius 3 is 1.83 bits per heavy atom. The summed E-state index contributed by atoms with van der Waals surface area (Å²) in [5, 5.41) is 3.81. The average molecular weight is 255 g/mol. The van der Waals surface area contributed by atoms with Crippen molar-refractivity contribution in [3.63, 3.8) is 0 Å². The van der Waals surface area contributed by atoms with Crippen LogP contribution >= 0.6 is 0 Å². The molecular formula is C17H37N. The molecule has 0 amide bonds. The fourth-order valence-electron chi connectivity index (χ4n) is 2.87. The van der Waals surface area contributed by atoms with E-state index < -0.39 is 0 Å². The van der Waals surface area contributed by atoms with Crippen molar-refractivity contribution in [3.8, 4) is 0 Å². The van der Waals surface area contributed by atoms with Gasteiger partial charge in [0.2, 0.25) is 0 Å². The third-order valence-corrected chi connectivity index (χ3v) is 3.84. The van der Waals surface area contributed by atoms with Crippen LogP contribution in [0.3, 0.4) is 0 Å². The van der Waals surface area contributed by atoms with E-state index in [1.807, 2.05) is 0 Å². The van der Waals surface area contributed by atoms with Crippen molar-refractivity contribution in [1.29, 1.82) is 0 Å². The van der Waals surface area contributed by atoms with Gasteiger partial charge in [0.15, 0.2) is 0 Å². The molecular weight excluding hydrogens is 218 g/mol. The Labute approximate surface area is 116 Å². The molecule has 0 heterocycles. The van der Waals surface area contributed by atoms with Gasteiger partial charge >= 0.3 is 0 Å². The molecule has 1 nitrogen and oxygen atoms in total. The van der Waals surface area contributed by atoms with Gasteiger partial charge in [-0.2, -0.15) is 0 Å². The summed E-state index contributed by atoms with van der Waals surface area (Å²) in [7, 11) is 0. The van der Waals surface area contributed by atoms with E-state index >= 15 is 0 Å². The summed E-state index contributed by atoms with van der Waals surface area (Å²) in [5.74, 6) is 1.76. The highest BCUT2D eigenvalue weighted by atomic mass is 14.9. The Morgan fingerprint density at radius 1 is 0.778 bits per heavy atom. The largest absolute Gasteiger partial charge is 0.314 e. The van der Waals surface area contributed by atoms with E-state index in [1.165, 1.54) is 57.9 Å². The molecule has 1 atom stereocenters. The molecule has 0 aliphatic rings. The SMILES string of the molecule is CCCNC(CCCC(C)C)C(CCC)CCC. The van der Waals surface area contributed by atoms with E-state index in [0.717, 1.165) is 17.9 Å². The number of hydrogen-bond acceptors (Lipinski definition) is 1. The number of rotatable bonds is 12. The van der Waals surface area contributed by atoms with Crippen LogP contribution in [-0.4, -0.2) is 12.6 Å². The highest BCUT2D eigenvalue weighted by Gasteiger charge is 2.19. The Hall–Kier alpha value is -0.0400. The summed E-state index contributed by atoms with van der Waals surface area (Å²) in [6, 6.07) is 0.767. The van der Waals surface area contributed by atoms with Gasteiger partial charge in [-0.1, -0.05) is 60.3 Å². The van der Waals surface area contributed by atoms with E-state index in [1.54, 1.807) is 0 Å². The second-order valence-corrected chi connectivity index (χ2v) is 6.22. The molecule has 0 aromatic rings. The molecule has 0 rings (SSSR count). The summed E-state index contributed by atoms with van der Waals surface area (Å²) >= 11 is 0. The molecule has 0 radical (unpaired) electrons. The maximum absolute atomic E-state index is 3.81. The first-order chi connectivity index (χ1) is 8.65. The standard InChI is InChI=1S/C17H37N/c1-6-10-16(11-7-2)17(18-14-8-3)13-9-12-15(4)5/h15-18H,6-14H2,1-5H3. The minimum atomic E-state index is 0.767. The highest BCUT2D eigenvalue weighted by Crippen LogP contribution is 2.22. The van der Waals surface area contributed by atoms with Crippen LogP contribution in [0.15, 0.2) is 0 Å². The number of hydrogen-bond donors (Lipinski definition) is 1. The first kappa shape index (κ1) is 18.0. The van der Waals surface area contributed by atoms with E-state index in [-0.39, 0.29) is 0 Å². The first-order valence-corrected chi connectivity index (χ1v) is 8.38. The smallest absolute Gasteiger partial charge is 0.00953 e. The van der Waals surface area contributed by atoms with Gasteiger partial charge in [0, 0.05) is 6.04 Å². The summed E-state index contributed by atoms with van der Waals surface area (Å²) in [5.41, 5.74) is 0. The molecule has 1 unspecified atom stereocenters. The molecule has 110 valence electrons. The van der Waals surface area contributed by atoms with Gasteiger partial charge in [-0.05, 0) is 44.1 Å². The topological polar surface area (TPSA) is 12.0 Å². The van der Waals surface area contributed by atoms with Gasteiger partial charge in [-0.3, -0.25) is 0 Å². The summed E-state index contributed by atoms with van der Waals surface area (Å²) in [4.78, 5) is 0. The van der Waals surface area contributed by atoms with Gasteiger partial charge in [0.25, 0.3) is 0 Å². The zero-order valence-corrected chi connectivity index (χ0v) is 13.6. The monoisotopic (exact) mass is 255 g/mol. The van der Waals surface area contributed by atoms with E-state index in [4.69, 9.17) is 0 Å². The lowest BCUT2D eigenvalue weighted by molar-refractivity contribution is 0.287. The molecule has 0 saturated heterocycles. The van der Waals surface area contributed by atoms with Gasteiger partial charge in [0.05, 0.1) is 0 Å². The highest BCUT2D eigenvalue weighted by molar-refractivity contribution is 4.76. The molecule has 0 bridgehead atoms. The summed E-state index contributed by atoms with van der Waals surface area (Å²) in [6.45, 7) is 12.8. The molecule has 0 fully saturated rings. The summed E-state index contributed by atoms with van der Waals surface area (Å²) < 4.78 is 0. The van der Waals surface area contributed by atoms with Crippen molar-refractivity contribution in [2.45, 2.75) is 92.0 Å². The number of nitrogens with one attached hydrogen (secondary N) is 1. The Kier molecular flexibility index (Phi) is 12.0. The van der Waals surface area contributed by atoms with Crippen LogP contribution in [0.4, 0.5) is 0 Å². The van der Waals surface area contributed by atoms with Gasteiger partial charge in [0.1, 0.15) is 0 Å². The maximum atomic E-state index is 3.81. The van der Waals surface area contributed by atoms with Crippen molar-refractivity contribution in [1.82, 2.24) is 5.32 Å². The predicted molar refractivity (Wildman–Crippen MR) is 84.1 cm³/mol. The van der Waals surface area contributed by atoms with E-state index in [2.05, 4.69) is 39.9 Å².